The van der Waals surface area contributed by atoms with Gasteiger partial charge < -0.3 is 4.79 Å². The highest BCUT2D eigenvalue weighted by molar-refractivity contribution is 5.80. The van der Waals surface area contributed by atoms with Crippen LogP contribution in [0.25, 0.3) is 0 Å². The summed E-state index contributed by atoms with van der Waals surface area (Å²) in [5.74, 6) is 0.482. The first-order valence-electron chi connectivity index (χ1n) is 3.30. The Morgan fingerprint density at radius 3 is 2.33 bits per heavy atom. The summed E-state index contributed by atoms with van der Waals surface area (Å²) in [7, 11) is 0. The quantitative estimate of drug-likeness (QED) is 0.490. The van der Waals surface area contributed by atoms with Gasteiger partial charge in [0, 0.05) is 18.8 Å². The molecule has 0 heterocycles. The van der Waals surface area contributed by atoms with Crippen LogP contribution in [0.15, 0.2) is 0 Å². The Balaban J connectivity index is 2.34. The maximum atomic E-state index is 10.6. The molecule has 0 bridgehead atoms. The Bertz CT molecular complexity index is 119. The van der Waals surface area contributed by atoms with E-state index in [9.17, 15) is 9.59 Å². The van der Waals surface area contributed by atoms with Gasteiger partial charge in [0.2, 0.25) is 0 Å². The van der Waals surface area contributed by atoms with Crippen molar-refractivity contribution in [3.8, 4) is 0 Å². The SMILES string of the molecule is O=CC1CCC(=O)CC1. The summed E-state index contributed by atoms with van der Waals surface area (Å²) >= 11 is 0. The van der Waals surface area contributed by atoms with Crippen LogP contribution in [0.5, 0.6) is 0 Å². The molecular weight excluding hydrogens is 116 g/mol. The standard InChI is InChI=1S/C7H10O2/c8-5-6-1-3-7(9)4-2-6/h5-6H,1-4H2. The molecule has 9 heavy (non-hydrogen) atoms. The fourth-order valence-electron chi connectivity index (χ4n) is 1.10. The van der Waals surface area contributed by atoms with Crippen LogP contribution < -0.4 is 0 Å². The largest absolute Gasteiger partial charge is 0.303 e. The lowest BCUT2D eigenvalue weighted by molar-refractivity contribution is -0.122. The van der Waals surface area contributed by atoms with E-state index in [1.165, 1.54) is 0 Å². The molecule has 0 radical (unpaired) electrons. The van der Waals surface area contributed by atoms with Gasteiger partial charge in [-0.15, -0.1) is 0 Å². The van der Waals surface area contributed by atoms with E-state index < -0.39 is 0 Å². The number of ketones is 1. The summed E-state index contributed by atoms with van der Waals surface area (Å²) in [5, 5.41) is 0. The monoisotopic (exact) mass is 126 g/mol. The first-order valence-corrected chi connectivity index (χ1v) is 3.30. The van der Waals surface area contributed by atoms with E-state index in [2.05, 4.69) is 0 Å². The topological polar surface area (TPSA) is 34.1 Å². The van der Waals surface area contributed by atoms with Gasteiger partial charge in [-0.3, -0.25) is 4.79 Å². The minimum atomic E-state index is 0.169. The maximum Gasteiger partial charge on any atom is 0.132 e. The summed E-state index contributed by atoms with van der Waals surface area (Å²) in [5.41, 5.74) is 0. The molecule has 1 rings (SSSR count). The summed E-state index contributed by atoms with van der Waals surface area (Å²) < 4.78 is 0. The Kier molecular flexibility index (Phi) is 1.98. The normalized spacial score (nSPS) is 22.0. The highest BCUT2D eigenvalue weighted by Gasteiger charge is 2.16. The molecule has 0 aromatic heterocycles. The molecule has 0 saturated heterocycles. The molecule has 0 N–H and O–H groups in total. The zero-order valence-corrected chi connectivity index (χ0v) is 5.30. The van der Waals surface area contributed by atoms with Gasteiger partial charge in [0.25, 0.3) is 0 Å². The van der Waals surface area contributed by atoms with Crippen LogP contribution in [0, 0.1) is 5.92 Å². The van der Waals surface area contributed by atoms with E-state index in [-0.39, 0.29) is 5.92 Å². The fraction of sp³-hybridized carbons (Fsp3) is 0.714. The first-order chi connectivity index (χ1) is 4.33. The van der Waals surface area contributed by atoms with Crippen molar-refractivity contribution in [2.45, 2.75) is 25.7 Å². The lowest BCUT2D eigenvalue weighted by atomic mass is 9.90. The molecular formula is C7H10O2. The molecule has 1 aliphatic carbocycles. The molecule has 0 atom stereocenters. The summed E-state index contributed by atoms with van der Waals surface area (Å²) in [6, 6.07) is 0. The van der Waals surface area contributed by atoms with Gasteiger partial charge in [0.15, 0.2) is 0 Å². The first kappa shape index (κ1) is 6.46. The molecule has 0 aromatic rings. The molecule has 0 aromatic carbocycles. The molecule has 0 spiro atoms. The zero-order valence-electron chi connectivity index (χ0n) is 5.30. The van der Waals surface area contributed by atoms with Crippen molar-refractivity contribution in [2.75, 3.05) is 0 Å². The second-order valence-corrected chi connectivity index (χ2v) is 2.51. The van der Waals surface area contributed by atoms with Crippen molar-refractivity contribution in [3.05, 3.63) is 0 Å². The molecule has 0 unspecified atom stereocenters. The predicted octanol–water partition coefficient (Wildman–Crippen LogP) is 0.945. The van der Waals surface area contributed by atoms with Crippen molar-refractivity contribution in [3.63, 3.8) is 0 Å². The van der Waals surface area contributed by atoms with Gasteiger partial charge in [0.05, 0.1) is 0 Å². The molecule has 50 valence electrons. The van der Waals surface area contributed by atoms with Crippen LogP contribution in [0.4, 0.5) is 0 Å². The van der Waals surface area contributed by atoms with Crippen molar-refractivity contribution in [1.29, 1.82) is 0 Å². The van der Waals surface area contributed by atoms with E-state index in [0.717, 1.165) is 19.1 Å². The molecule has 2 heteroatoms. The van der Waals surface area contributed by atoms with Gasteiger partial charge in [-0.25, -0.2) is 0 Å². The lowest BCUT2D eigenvalue weighted by Crippen LogP contribution is -2.14. The van der Waals surface area contributed by atoms with Crippen molar-refractivity contribution in [1.82, 2.24) is 0 Å². The third-order valence-electron chi connectivity index (χ3n) is 1.78. The number of hydrogen-bond donors (Lipinski definition) is 0. The predicted molar refractivity (Wildman–Crippen MR) is 33.0 cm³/mol. The summed E-state index contributed by atoms with van der Waals surface area (Å²) in [4.78, 5) is 20.8. The Morgan fingerprint density at radius 1 is 1.33 bits per heavy atom. The smallest absolute Gasteiger partial charge is 0.132 e. The van der Waals surface area contributed by atoms with Crippen LogP contribution >= 0.6 is 0 Å². The number of aldehydes is 1. The van der Waals surface area contributed by atoms with Gasteiger partial charge >= 0.3 is 0 Å². The second-order valence-electron chi connectivity index (χ2n) is 2.51. The maximum absolute atomic E-state index is 10.6. The van der Waals surface area contributed by atoms with E-state index in [0.29, 0.717) is 18.6 Å². The Hall–Kier alpha value is -0.660. The zero-order chi connectivity index (χ0) is 6.69. The van der Waals surface area contributed by atoms with E-state index in [4.69, 9.17) is 0 Å². The van der Waals surface area contributed by atoms with Crippen molar-refractivity contribution < 1.29 is 9.59 Å². The van der Waals surface area contributed by atoms with Gasteiger partial charge in [-0.05, 0) is 12.8 Å². The van der Waals surface area contributed by atoms with Gasteiger partial charge in [-0.1, -0.05) is 0 Å². The fourth-order valence-corrected chi connectivity index (χ4v) is 1.10. The Labute approximate surface area is 54.2 Å². The van der Waals surface area contributed by atoms with Crippen molar-refractivity contribution in [2.24, 2.45) is 5.92 Å². The van der Waals surface area contributed by atoms with E-state index >= 15 is 0 Å². The number of carbonyl (C=O) groups excluding carboxylic acids is 2. The van der Waals surface area contributed by atoms with Crippen LogP contribution in [0.3, 0.4) is 0 Å². The van der Waals surface area contributed by atoms with Crippen LogP contribution in [0.2, 0.25) is 0 Å². The average Bonchev–Trinajstić information content (AvgIpc) is 1.90. The van der Waals surface area contributed by atoms with Crippen molar-refractivity contribution >= 4 is 12.1 Å². The highest BCUT2D eigenvalue weighted by atomic mass is 16.1. The number of carbonyl (C=O) groups is 2. The number of hydrogen-bond acceptors (Lipinski definition) is 2. The van der Waals surface area contributed by atoms with E-state index in [1.807, 2.05) is 0 Å². The Morgan fingerprint density at radius 2 is 1.89 bits per heavy atom. The molecule has 1 aliphatic rings. The molecule has 0 amide bonds. The second kappa shape index (κ2) is 2.76. The molecule has 0 aliphatic heterocycles. The number of rotatable bonds is 1. The van der Waals surface area contributed by atoms with Crippen LogP contribution in [0.1, 0.15) is 25.7 Å². The minimum Gasteiger partial charge on any atom is -0.303 e. The number of Topliss-reactive ketones (excluding diaryl/α,β-unsaturated/α-hetero) is 1. The molecule has 2 nitrogen and oxygen atoms in total. The molecule has 1 fully saturated rings. The third-order valence-corrected chi connectivity index (χ3v) is 1.78. The highest BCUT2D eigenvalue weighted by Crippen LogP contribution is 2.18. The third kappa shape index (κ3) is 1.63. The average molecular weight is 126 g/mol. The van der Waals surface area contributed by atoms with Gasteiger partial charge in [-0.2, -0.15) is 0 Å². The molecule has 1 saturated carbocycles. The summed E-state index contributed by atoms with van der Waals surface area (Å²) in [6.07, 6.45) is 3.75. The minimum absolute atomic E-state index is 0.169. The van der Waals surface area contributed by atoms with E-state index in [1.54, 1.807) is 0 Å². The lowest BCUT2D eigenvalue weighted by Gasteiger charge is -2.13. The summed E-state index contributed by atoms with van der Waals surface area (Å²) in [6.45, 7) is 0. The van der Waals surface area contributed by atoms with Crippen LogP contribution in [-0.4, -0.2) is 12.1 Å². The van der Waals surface area contributed by atoms with Gasteiger partial charge in [0.1, 0.15) is 12.1 Å². The van der Waals surface area contributed by atoms with Crippen LogP contribution in [-0.2, 0) is 9.59 Å².